The van der Waals surface area contributed by atoms with Crippen molar-refractivity contribution < 1.29 is 14.6 Å². The van der Waals surface area contributed by atoms with E-state index in [0.717, 1.165) is 16.5 Å². The molecule has 3 nitrogen and oxygen atoms in total. The number of ether oxygens (including phenoxy) is 1. The minimum atomic E-state index is -0.939. The van der Waals surface area contributed by atoms with Crippen LogP contribution in [0.4, 0.5) is 0 Å². The van der Waals surface area contributed by atoms with E-state index in [9.17, 15) is 4.79 Å². The number of carboxylic acid groups (broad SMARTS) is 1. The summed E-state index contributed by atoms with van der Waals surface area (Å²) in [6, 6.07) is 3.30. The van der Waals surface area contributed by atoms with E-state index in [1.165, 1.54) is 0 Å². The Labute approximate surface area is 83.5 Å². The lowest BCUT2D eigenvalue weighted by Gasteiger charge is -2.04. The molecule has 1 aliphatic heterocycles. The topological polar surface area (TPSA) is 46.5 Å². The van der Waals surface area contributed by atoms with E-state index in [2.05, 4.69) is 15.9 Å². The van der Waals surface area contributed by atoms with Gasteiger partial charge in [-0.15, -0.1) is 0 Å². The fourth-order valence-electron chi connectivity index (χ4n) is 1.43. The highest BCUT2D eigenvalue weighted by molar-refractivity contribution is 9.10. The second-order valence-corrected chi connectivity index (χ2v) is 3.66. The Morgan fingerprint density at radius 2 is 2.31 bits per heavy atom. The summed E-state index contributed by atoms with van der Waals surface area (Å²) in [5, 5.41) is 8.84. The molecule has 1 aromatic rings. The number of rotatable bonds is 1. The minimum Gasteiger partial charge on any atom is -0.492 e. The molecule has 1 aliphatic rings. The molecule has 0 fully saturated rings. The summed E-state index contributed by atoms with van der Waals surface area (Å²) in [5.74, 6) is -0.424. The quantitative estimate of drug-likeness (QED) is 0.821. The van der Waals surface area contributed by atoms with E-state index in [0.29, 0.717) is 12.4 Å². The van der Waals surface area contributed by atoms with Crippen LogP contribution in [0.25, 0.3) is 0 Å². The van der Waals surface area contributed by atoms with Gasteiger partial charge in [-0.2, -0.15) is 0 Å². The van der Waals surface area contributed by atoms with Crippen LogP contribution in [0, 0.1) is 0 Å². The van der Waals surface area contributed by atoms with Crippen molar-refractivity contribution in [2.24, 2.45) is 0 Å². The second-order valence-electron chi connectivity index (χ2n) is 2.81. The summed E-state index contributed by atoms with van der Waals surface area (Å²) < 4.78 is 6.18. The van der Waals surface area contributed by atoms with Crippen LogP contribution in [0.3, 0.4) is 0 Å². The number of carboxylic acids is 1. The lowest BCUT2D eigenvalue weighted by atomic mass is 10.1. The first kappa shape index (κ1) is 8.56. The maximum Gasteiger partial charge on any atom is 0.339 e. The number of fused-ring (bicyclic) bond motifs is 1. The van der Waals surface area contributed by atoms with Gasteiger partial charge in [-0.05, 0) is 12.1 Å². The van der Waals surface area contributed by atoms with Crippen LogP contribution in [-0.4, -0.2) is 17.7 Å². The Morgan fingerprint density at radius 3 is 3.00 bits per heavy atom. The van der Waals surface area contributed by atoms with Crippen molar-refractivity contribution in [3.63, 3.8) is 0 Å². The summed E-state index contributed by atoms with van der Waals surface area (Å²) in [4.78, 5) is 10.8. The zero-order valence-electron chi connectivity index (χ0n) is 6.71. The Morgan fingerprint density at radius 1 is 1.54 bits per heavy atom. The second kappa shape index (κ2) is 3.03. The van der Waals surface area contributed by atoms with Gasteiger partial charge in [-0.25, -0.2) is 4.79 Å². The van der Waals surface area contributed by atoms with Crippen LogP contribution in [0.15, 0.2) is 16.6 Å². The monoisotopic (exact) mass is 242 g/mol. The molecule has 1 heterocycles. The van der Waals surface area contributed by atoms with Gasteiger partial charge in [-0.3, -0.25) is 0 Å². The van der Waals surface area contributed by atoms with Gasteiger partial charge in [0.15, 0.2) is 0 Å². The van der Waals surface area contributed by atoms with Crippen molar-refractivity contribution in [3.05, 3.63) is 27.7 Å². The van der Waals surface area contributed by atoms with Crippen molar-refractivity contribution in [2.75, 3.05) is 6.61 Å². The highest BCUT2D eigenvalue weighted by Crippen LogP contribution is 2.35. The number of hydrogen-bond donors (Lipinski definition) is 1. The maximum atomic E-state index is 10.8. The van der Waals surface area contributed by atoms with Crippen molar-refractivity contribution in [1.82, 2.24) is 0 Å². The van der Waals surface area contributed by atoms with Crippen molar-refractivity contribution in [2.45, 2.75) is 6.42 Å². The third-order valence-electron chi connectivity index (χ3n) is 2.03. The lowest BCUT2D eigenvalue weighted by Crippen LogP contribution is -1.99. The Kier molecular flexibility index (Phi) is 2.00. The number of hydrogen-bond acceptors (Lipinski definition) is 2. The first-order chi connectivity index (χ1) is 6.20. The smallest absolute Gasteiger partial charge is 0.339 e. The highest BCUT2D eigenvalue weighted by Gasteiger charge is 2.22. The average molecular weight is 243 g/mol. The largest absolute Gasteiger partial charge is 0.492 e. The number of carbonyl (C=O) groups is 1. The van der Waals surface area contributed by atoms with E-state index in [-0.39, 0.29) is 5.56 Å². The van der Waals surface area contributed by atoms with Crippen LogP contribution in [-0.2, 0) is 6.42 Å². The minimum absolute atomic E-state index is 0.246. The molecule has 0 spiro atoms. The molecule has 0 unspecified atom stereocenters. The number of aromatic carboxylic acids is 1. The molecule has 0 saturated carbocycles. The number of benzene rings is 1. The molecule has 0 radical (unpaired) electrons. The van der Waals surface area contributed by atoms with Gasteiger partial charge in [-0.1, -0.05) is 15.9 Å². The van der Waals surface area contributed by atoms with Gasteiger partial charge in [0.1, 0.15) is 11.3 Å². The molecule has 0 aliphatic carbocycles. The van der Waals surface area contributed by atoms with Gasteiger partial charge < -0.3 is 9.84 Å². The summed E-state index contributed by atoms with van der Waals surface area (Å²) in [6.45, 7) is 0.568. The fourth-order valence-corrected chi connectivity index (χ4v) is 1.94. The SMILES string of the molecule is O=C(O)c1ccc(Br)c2c1OCC2. The van der Waals surface area contributed by atoms with Crippen molar-refractivity contribution in [1.29, 1.82) is 0 Å². The van der Waals surface area contributed by atoms with E-state index in [1.54, 1.807) is 12.1 Å². The van der Waals surface area contributed by atoms with E-state index in [1.807, 2.05) is 0 Å². The Hall–Kier alpha value is -1.03. The van der Waals surface area contributed by atoms with Crippen LogP contribution >= 0.6 is 15.9 Å². The van der Waals surface area contributed by atoms with Gasteiger partial charge in [0.05, 0.1) is 6.61 Å². The van der Waals surface area contributed by atoms with Gasteiger partial charge in [0.25, 0.3) is 0 Å². The standard InChI is InChI=1S/C9H7BrO3/c10-7-2-1-6(9(11)12)8-5(7)3-4-13-8/h1-2H,3-4H2,(H,11,12). The molecule has 13 heavy (non-hydrogen) atoms. The summed E-state index contributed by atoms with van der Waals surface area (Å²) in [7, 11) is 0. The predicted octanol–water partition coefficient (Wildman–Crippen LogP) is 2.08. The molecule has 0 atom stereocenters. The van der Waals surface area contributed by atoms with Crippen LogP contribution in [0.1, 0.15) is 15.9 Å². The fraction of sp³-hybridized carbons (Fsp3) is 0.222. The molecule has 2 rings (SSSR count). The molecule has 1 N–H and O–H groups in total. The molecular formula is C9H7BrO3. The molecule has 68 valence electrons. The van der Waals surface area contributed by atoms with Crippen LogP contribution < -0.4 is 4.74 Å². The van der Waals surface area contributed by atoms with E-state index < -0.39 is 5.97 Å². The molecule has 0 bridgehead atoms. The zero-order valence-corrected chi connectivity index (χ0v) is 8.30. The Bertz CT molecular complexity index is 373. The molecule has 0 amide bonds. The molecule has 0 aromatic heterocycles. The van der Waals surface area contributed by atoms with Crippen molar-refractivity contribution in [3.8, 4) is 5.75 Å². The lowest BCUT2D eigenvalue weighted by molar-refractivity contribution is 0.0693. The normalized spacial score (nSPS) is 13.6. The predicted molar refractivity (Wildman–Crippen MR) is 50.3 cm³/mol. The highest BCUT2D eigenvalue weighted by atomic mass is 79.9. The first-order valence-corrected chi connectivity index (χ1v) is 4.67. The molecule has 1 aromatic carbocycles. The van der Waals surface area contributed by atoms with E-state index in [4.69, 9.17) is 9.84 Å². The first-order valence-electron chi connectivity index (χ1n) is 3.87. The zero-order chi connectivity index (χ0) is 9.42. The summed E-state index contributed by atoms with van der Waals surface area (Å²) >= 11 is 3.36. The number of halogens is 1. The summed E-state index contributed by atoms with van der Waals surface area (Å²) in [6.07, 6.45) is 0.775. The van der Waals surface area contributed by atoms with Crippen LogP contribution in [0.2, 0.25) is 0 Å². The Balaban J connectivity index is 2.62. The molecular weight excluding hydrogens is 236 g/mol. The van der Waals surface area contributed by atoms with Crippen molar-refractivity contribution >= 4 is 21.9 Å². The third kappa shape index (κ3) is 1.31. The van der Waals surface area contributed by atoms with Gasteiger partial charge >= 0.3 is 5.97 Å². The van der Waals surface area contributed by atoms with Gasteiger partial charge in [0, 0.05) is 16.5 Å². The van der Waals surface area contributed by atoms with E-state index >= 15 is 0 Å². The van der Waals surface area contributed by atoms with Crippen LogP contribution in [0.5, 0.6) is 5.75 Å². The maximum absolute atomic E-state index is 10.8. The molecule has 4 heteroatoms. The summed E-state index contributed by atoms with van der Waals surface area (Å²) in [5.41, 5.74) is 1.20. The third-order valence-corrected chi connectivity index (χ3v) is 2.78. The average Bonchev–Trinajstić information content (AvgIpc) is 2.53. The van der Waals surface area contributed by atoms with Gasteiger partial charge in [0.2, 0.25) is 0 Å². The molecule has 0 saturated heterocycles.